The summed E-state index contributed by atoms with van der Waals surface area (Å²) in [7, 11) is 1.61. The van der Waals surface area contributed by atoms with Crippen molar-refractivity contribution < 1.29 is 14.6 Å². The number of carbonyl (C=O) groups is 1. The zero-order chi connectivity index (χ0) is 11.5. The third-order valence-electron chi connectivity index (χ3n) is 2.30. The standard InChI is InChI=1S/C12H11NO3/c1-16-11-5-3-8-6-10(13-12(14)15)4-2-9(8)7-11/h2-7,13H,1H3,(H,14,15). The van der Waals surface area contributed by atoms with Crippen LogP contribution in [-0.2, 0) is 0 Å². The van der Waals surface area contributed by atoms with Crippen molar-refractivity contribution in [3.05, 3.63) is 36.4 Å². The predicted octanol–water partition coefficient (Wildman–Crippen LogP) is 2.94. The molecule has 0 fully saturated rings. The first-order valence-corrected chi connectivity index (χ1v) is 4.77. The number of carboxylic acid groups (broad SMARTS) is 1. The molecule has 2 aromatic carbocycles. The molecule has 0 bridgehead atoms. The Hall–Kier alpha value is -2.23. The Balaban J connectivity index is 2.43. The third-order valence-corrected chi connectivity index (χ3v) is 2.30. The van der Waals surface area contributed by atoms with Crippen LogP contribution in [0, 0.1) is 0 Å². The Morgan fingerprint density at radius 1 is 1.19 bits per heavy atom. The third kappa shape index (κ3) is 2.06. The minimum Gasteiger partial charge on any atom is -0.497 e. The summed E-state index contributed by atoms with van der Waals surface area (Å²) in [6.45, 7) is 0. The maximum atomic E-state index is 10.5. The molecule has 2 aromatic rings. The molecule has 0 saturated heterocycles. The number of methoxy groups -OCH3 is 1. The molecule has 0 atom stereocenters. The van der Waals surface area contributed by atoms with Crippen LogP contribution in [0.3, 0.4) is 0 Å². The van der Waals surface area contributed by atoms with Crippen molar-refractivity contribution in [3.8, 4) is 5.75 Å². The summed E-state index contributed by atoms with van der Waals surface area (Å²) in [5.74, 6) is 0.784. The van der Waals surface area contributed by atoms with Gasteiger partial charge in [-0.3, -0.25) is 5.32 Å². The van der Waals surface area contributed by atoms with E-state index in [0.29, 0.717) is 5.69 Å². The molecule has 0 aliphatic heterocycles. The number of nitrogens with one attached hydrogen (secondary N) is 1. The Morgan fingerprint density at radius 2 is 1.88 bits per heavy atom. The topological polar surface area (TPSA) is 58.6 Å². The van der Waals surface area contributed by atoms with E-state index in [0.717, 1.165) is 16.5 Å². The van der Waals surface area contributed by atoms with Gasteiger partial charge in [0.1, 0.15) is 5.75 Å². The van der Waals surface area contributed by atoms with E-state index < -0.39 is 6.09 Å². The Bertz CT molecular complexity index is 537. The van der Waals surface area contributed by atoms with Gasteiger partial charge in [-0.1, -0.05) is 12.1 Å². The molecule has 82 valence electrons. The van der Waals surface area contributed by atoms with Crippen molar-refractivity contribution in [3.63, 3.8) is 0 Å². The van der Waals surface area contributed by atoms with Gasteiger partial charge in [-0.25, -0.2) is 4.79 Å². The lowest BCUT2D eigenvalue weighted by Crippen LogP contribution is -2.06. The first-order valence-electron chi connectivity index (χ1n) is 4.77. The van der Waals surface area contributed by atoms with Gasteiger partial charge in [0.15, 0.2) is 0 Å². The number of anilines is 1. The zero-order valence-electron chi connectivity index (χ0n) is 8.73. The highest BCUT2D eigenvalue weighted by Crippen LogP contribution is 2.23. The maximum absolute atomic E-state index is 10.5. The number of fused-ring (bicyclic) bond motifs is 1. The van der Waals surface area contributed by atoms with Gasteiger partial charge in [0.25, 0.3) is 0 Å². The SMILES string of the molecule is COc1ccc2cc(NC(=O)O)ccc2c1. The summed E-state index contributed by atoms with van der Waals surface area (Å²) in [5, 5.41) is 12.9. The quantitative estimate of drug-likeness (QED) is 0.813. The highest BCUT2D eigenvalue weighted by Gasteiger charge is 2.00. The number of benzene rings is 2. The Morgan fingerprint density at radius 3 is 2.56 bits per heavy atom. The smallest absolute Gasteiger partial charge is 0.409 e. The number of ether oxygens (including phenoxy) is 1. The molecule has 0 spiro atoms. The van der Waals surface area contributed by atoms with Gasteiger partial charge in [-0.2, -0.15) is 0 Å². The molecule has 1 amide bonds. The molecule has 0 aliphatic rings. The number of hydrogen-bond acceptors (Lipinski definition) is 2. The van der Waals surface area contributed by atoms with Gasteiger partial charge in [0, 0.05) is 5.69 Å². The average molecular weight is 217 g/mol. The van der Waals surface area contributed by atoms with Crippen molar-refractivity contribution in [2.45, 2.75) is 0 Å². The fourth-order valence-corrected chi connectivity index (χ4v) is 1.55. The summed E-state index contributed by atoms with van der Waals surface area (Å²) in [5.41, 5.74) is 0.560. The molecule has 4 heteroatoms. The monoisotopic (exact) mass is 217 g/mol. The second kappa shape index (κ2) is 4.10. The van der Waals surface area contributed by atoms with Crippen LogP contribution >= 0.6 is 0 Å². The minimum atomic E-state index is -1.06. The molecule has 4 nitrogen and oxygen atoms in total. The first kappa shape index (κ1) is 10.3. The van der Waals surface area contributed by atoms with Gasteiger partial charge >= 0.3 is 6.09 Å². The molecule has 0 heterocycles. The van der Waals surface area contributed by atoms with Crippen LogP contribution in [0.15, 0.2) is 36.4 Å². The molecule has 16 heavy (non-hydrogen) atoms. The highest BCUT2D eigenvalue weighted by molar-refractivity contribution is 5.91. The number of rotatable bonds is 2. The maximum Gasteiger partial charge on any atom is 0.409 e. The molecule has 2 rings (SSSR count). The summed E-state index contributed by atoms with van der Waals surface area (Å²) in [4.78, 5) is 10.5. The van der Waals surface area contributed by atoms with E-state index >= 15 is 0 Å². The second-order valence-corrected chi connectivity index (χ2v) is 3.36. The summed E-state index contributed by atoms with van der Waals surface area (Å²) in [6.07, 6.45) is -1.06. The highest BCUT2D eigenvalue weighted by atomic mass is 16.5. The molecule has 0 unspecified atom stereocenters. The van der Waals surface area contributed by atoms with Gasteiger partial charge < -0.3 is 9.84 Å². The van der Waals surface area contributed by atoms with Crippen LogP contribution in [0.2, 0.25) is 0 Å². The van der Waals surface area contributed by atoms with Crippen molar-refractivity contribution in [2.75, 3.05) is 12.4 Å². The number of amides is 1. The van der Waals surface area contributed by atoms with Crippen molar-refractivity contribution >= 4 is 22.6 Å². The molecule has 0 aromatic heterocycles. The van der Waals surface area contributed by atoms with E-state index in [1.807, 2.05) is 24.3 Å². The predicted molar refractivity (Wildman–Crippen MR) is 62.1 cm³/mol. The van der Waals surface area contributed by atoms with Gasteiger partial charge in [0.2, 0.25) is 0 Å². The lowest BCUT2D eigenvalue weighted by atomic mass is 10.1. The second-order valence-electron chi connectivity index (χ2n) is 3.36. The van der Waals surface area contributed by atoms with Gasteiger partial charge in [0.05, 0.1) is 7.11 Å². The largest absolute Gasteiger partial charge is 0.497 e. The van der Waals surface area contributed by atoms with E-state index in [2.05, 4.69) is 5.32 Å². The number of hydrogen-bond donors (Lipinski definition) is 2. The van der Waals surface area contributed by atoms with E-state index in [9.17, 15) is 4.79 Å². The summed E-state index contributed by atoms with van der Waals surface area (Å²) >= 11 is 0. The fourth-order valence-electron chi connectivity index (χ4n) is 1.55. The van der Waals surface area contributed by atoms with Crippen molar-refractivity contribution in [1.29, 1.82) is 0 Å². The van der Waals surface area contributed by atoms with Crippen LogP contribution in [-0.4, -0.2) is 18.3 Å². The molecule has 0 aliphatic carbocycles. The zero-order valence-corrected chi connectivity index (χ0v) is 8.73. The van der Waals surface area contributed by atoms with Crippen molar-refractivity contribution in [2.24, 2.45) is 0 Å². The van der Waals surface area contributed by atoms with E-state index in [1.165, 1.54) is 0 Å². The lowest BCUT2D eigenvalue weighted by molar-refractivity contribution is 0.210. The van der Waals surface area contributed by atoms with Crippen LogP contribution in [0.4, 0.5) is 10.5 Å². The summed E-state index contributed by atoms with van der Waals surface area (Å²) in [6, 6.07) is 11.0. The molecule has 0 saturated carbocycles. The van der Waals surface area contributed by atoms with Crippen LogP contribution in [0.5, 0.6) is 5.75 Å². The van der Waals surface area contributed by atoms with E-state index in [-0.39, 0.29) is 0 Å². The molecule has 2 N–H and O–H groups in total. The van der Waals surface area contributed by atoms with Crippen LogP contribution in [0.25, 0.3) is 10.8 Å². The van der Waals surface area contributed by atoms with Crippen LogP contribution in [0.1, 0.15) is 0 Å². The van der Waals surface area contributed by atoms with E-state index in [4.69, 9.17) is 9.84 Å². The summed E-state index contributed by atoms with van der Waals surface area (Å²) < 4.78 is 5.11. The fraction of sp³-hybridized carbons (Fsp3) is 0.0833. The van der Waals surface area contributed by atoms with Gasteiger partial charge in [-0.05, 0) is 35.0 Å². The lowest BCUT2D eigenvalue weighted by Gasteiger charge is -2.05. The molecular weight excluding hydrogens is 206 g/mol. The molecule has 0 radical (unpaired) electrons. The Labute approximate surface area is 92.5 Å². The Kier molecular flexibility index (Phi) is 2.64. The van der Waals surface area contributed by atoms with Gasteiger partial charge in [-0.15, -0.1) is 0 Å². The minimum absolute atomic E-state index is 0.560. The van der Waals surface area contributed by atoms with E-state index in [1.54, 1.807) is 19.2 Å². The molecular formula is C12H11NO3. The van der Waals surface area contributed by atoms with Crippen molar-refractivity contribution in [1.82, 2.24) is 0 Å². The average Bonchev–Trinajstić information content (AvgIpc) is 2.27. The first-order chi connectivity index (χ1) is 7.69. The normalized spacial score (nSPS) is 10.1. The van der Waals surface area contributed by atoms with Crippen LogP contribution < -0.4 is 10.1 Å².